The Morgan fingerprint density at radius 1 is 1.20 bits per heavy atom. The smallest absolute Gasteiger partial charge is 0.211 e. The van der Waals surface area contributed by atoms with Crippen LogP contribution in [0.5, 0.6) is 0 Å². The number of aromatic nitrogens is 2. The van der Waals surface area contributed by atoms with Gasteiger partial charge in [-0.05, 0) is 15.9 Å². The maximum absolute atomic E-state index is 11.5. The highest BCUT2D eigenvalue weighted by molar-refractivity contribution is 9.10. The van der Waals surface area contributed by atoms with Crippen LogP contribution in [0.4, 0.5) is 5.82 Å². The molecule has 0 aliphatic carbocycles. The van der Waals surface area contributed by atoms with Crippen molar-refractivity contribution in [2.75, 3.05) is 37.3 Å². The van der Waals surface area contributed by atoms with E-state index in [0.29, 0.717) is 26.2 Å². The zero-order chi connectivity index (χ0) is 14.9. The van der Waals surface area contributed by atoms with E-state index in [0.717, 1.165) is 16.2 Å². The summed E-state index contributed by atoms with van der Waals surface area (Å²) in [5.74, 6) is 1.90. The van der Waals surface area contributed by atoms with Crippen LogP contribution in [-0.4, -0.2) is 55.1 Å². The van der Waals surface area contributed by atoms with Crippen molar-refractivity contribution in [1.29, 1.82) is 0 Å². The second-order valence-corrected chi connectivity index (χ2v) is 8.01. The van der Waals surface area contributed by atoms with E-state index < -0.39 is 10.0 Å². The van der Waals surface area contributed by atoms with Gasteiger partial charge in [0.2, 0.25) is 10.0 Å². The highest BCUT2D eigenvalue weighted by atomic mass is 79.9. The lowest BCUT2D eigenvalue weighted by atomic mass is 10.2. The molecule has 1 aliphatic heterocycles. The summed E-state index contributed by atoms with van der Waals surface area (Å²) in [5, 5.41) is 0. The lowest BCUT2D eigenvalue weighted by Gasteiger charge is -2.34. The molecule has 1 aromatic heterocycles. The van der Waals surface area contributed by atoms with Crippen LogP contribution in [0.1, 0.15) is 25.6 Å². The van der Waals surface area contributed by atoms with Crippen molar-refractivity contribution in [3.05, 3.63) is 16.5 Å². The molecule has 2 heterocycles. The third-order valence-electron chi connectivity index (χ3n) is 3.25. The Kier molecular flexibility index (Phi) is 4.66. The Hall–Kier alpha value is -0.730. The fourth-order valence-corrected chi connectivity index (χ4v) is 3.30. The number of hydrogen-bond acceptors (Lipinski definition) is 5. The van der Waals surface area contributed by atoms with Gasteiger partial charge in [-0.2, -0.15) is 4.31 Å². The molecule has 0 unspecified atom stereocenters. The Balaban J connectivity index is 2.15. The molecule has 0 aromatic carbocycles. The third-order valence-corrected chi connectivity index (χ3v) is 4.96. The van der Waals surface area contributed by atoms with E-state index in [1.807, 2.05) is 19.9 Å². The van der Waals surface area contributed by atoms with Crippen LogP contribution in [0.15, 0.2) is 10.7 Å². The first-order valence-corrected chi connectivity index (χ1v) is 9.16. The summed E-state index contributed by atoms with van der Waals surface area (Å²) in [6.07, 6.45) is 1.25. The summed E-state index contributed by atoms with van der Waals surface area (Å²) in [7, 11) is -3.10. The van der Waals surface area contributed by atoms with Crippen LogP contribution in [0.3, 0.4) is 0 Å². The van der Waals surface area contributed by atoms with Crippen molar-refractivity contribution in [1.82, 2.24) is 14.3 Å². The van der Waals surface area contributed by atoms with Crippen molar-refractivity contribution in [2.45, 2.75) is 19.8 Å². The Labute approximate surface area is 128 Å². The Morgan fingerprint density at radius 3 is 2.30 bits per heavy atom. The molecule has 0 radical (unpaired) electrons. The molecular formula is C12H19BrN4O2S. The van der Waals surface area contributed by atoms with Crippen molar-refractivity contribution in [3.63, 3.8) is 0 Å². The fraction of sp³-hybridized carbons (Fsp3) is 0.667. The van der Waals surface area contributed by atoms with Gasteiger partial charge in [-0.1, -0.05) is 13.8 Å². The fourth-order valence-electron chi connectivity index (χ4n) is 2.09. The number of halogens is 1. The van der Waals surface area contributed by atoms with Gasteiger partial charge in [0.15, 0.2) is 0 Å². The van der Waals surface area contributed by atoms with Crippen LogP contribution >= 0.6 is 15.9 Å². The van der Waals surface area contributed by atoms with Gasteiger partial charge in [0.25, 0.3) is 0 Å². The van der Waals surface area contributed by atoms with Gasteiger partial charge >= 0.3 is 0 Å². The standard InChI is InChI=1S/C12H19BrN4O2S/c1-9(2)12-14-10(13)8-11(15-12)16-4-6-17(7-5-16)20(3,18)19/h8-9H,4-7H2,1-3H3. The van der Waals surface area contributed by atoms with Gasteiger partial charge in [0.1, 0.15) is 16.2 Å². The largest absolute Gasteiger partial charge is 0.354 e. The van der Waals surface area contributed by atoms with Gasteiger partial charge in [-0.15, -0.1) is 0 Å². The monoisotopic (exact) mass is 362 g/mol. The maximum Gasteiger partial charge on any atom is 0.211 e. The number of rotatable bonds is 3. The number of nitrogens with zero attached hydrogens (tertiary/aromatic N) is 4. The molecule has 0 N–H and O–H groups in total. The summed E-state index contributed by atoms with van der Waals surface area (Å²) in [5.41, 5.74) is 0. The predicted molar refractivity (Wildman–Crippen MR) is 82.5 cm³/mol. The van der Waals surface area contributed by atoms with Crippen LogP contribution in [0.2, 0.25) is 0 Å². The van der Waals surface area contributed by atoms with Gasteiger partial charge in [0, 0.05) is 38.2 Å². The van der Waals surface area contributed by atoms with E-state index in [9.17, 15) is 8.42 Å². The van der Waals surface area contributed by atoms with Crippen LogP contribution in [-0.2, 0) is 10.0 Å². The summed E-state index contributed by atoms with van der Waals surface area (Å²) in [6.45, 7) is 6.39. The van der Waals surface area contributed by atoms with E-state index in [4.69, 9.17) is 0 Å². The molecule has 1 fully saturated rings. The average molecular weight is 363 g/mol. The van der Waals surface area contributed by atoms with E-state index in [2.05, 4.69) is 30.8 Å². The highest BCUT2D eigenvalue weighted by Gasteiger charge is 2.24. The quantitative estimate of drug-likeness (QED) is 0.761. The average Bonchev–Trinajstić information content (AvgIpc) is 2.37. The topological polar surface area (TPSA) is 66.4 Å². The minimum atomic E-state index is -3.10. The number of anilines is 1. The minimum absolute atomic E-state index is 0.253. The van der Waals surface area contributed by atoms with E-state index in [-0.39, 0.29) is 5.92 Å². The minimum Gasteiger partial charge on any atom is -0.354 e. The third kappa shape index (κ3) is 3.67. The first kappa shape index (κ1) is 15.7. The van der Waals surface area contributed by atoms with E-state index in [1.54, 1.807) is 0 Å². The van der Waals surface area contributed by atoms with E-state index >= 15 is 0 Å². The van der Waals surface area contributed by atoms with Crippen molar-refractivity contribution >= 4 is 31.8 Å². The number of piperazine rings is 1. The summed E-state index contributed by atoms with van der Waals surface area (Å²) in [4.78, 5) is 11.0. The normalized spacial score (nSPS) is 17.8. The summed E-state index contributed by atoms with van der Waals surface area (Å²) in [6, 6.07) is 1.88. The molecule has 0 spiro atoms. The zero-order valence-electron chi connectivity index (χ0n) is 11.9. The molecule has 8 heteroatoms. The molecule has 1 aliphatic rings. The maximum atomic E-state index is 11.5. The summed E-state index contributed by atoms with van der Waals surface area (Å²) < 4.78 is 25.3. The Morgan fingerprint density at radius 2 is 1.80 bits per heavy atom. The number of hydrogen-bond donors (Lipinski definition) is 0. The molecule has 1 saturated heterocycles. The molecule has 20 heavy (non-hydrogen) atoms. The molecular weight excluding hydrogens is 344 g/mol. The lowest BCUT2D eigenvalue weighted by Crippen LogP contribution is -2.48. The first-order chi connectivity index (χ1) is 9.27. The first-order valence-electron chi connectivity index (χ1n) is 6.52. The highest BCUT2D eigenvalue weighted by Crippen LogP contribution is 2.21. The molecule has 6 nitrogen and oxygen atoms in total. The van der Waals surface area contributed by atoms with Gasteiger partial charge in [-0.3, -0.25) is 0 Å². The van der Waals surface area contributed by atoms with Crippen LogP contribution < -0.4 is 4.90 Å². The molecule has 0 amide bonds. The molecule has 0 saturated carbocycles. The molecule has 1 aromatic rings. The SMILES string of the molecule is CC(C)c1nc(Br)cc(N2CCN(S(C)(=O)=O)CC2)n1. The van der Waals surface area contributed by atoms with Crippen molar-refractivity contribution in [3.8, 4) is 0 Å². The number of sulfonamides is 1. The molecule has 0 atom stereocenters. The van der Waals surface area contributed by atoms with Crippen LogP contribution in [0.25, 0.3) is 0 Å². The van der Waals surface area contributed by atoms with E-state index in [1.165, 1.54) is 10.6 Å². The van der Waals surface area contributed by atoms with Gasteiger partial charge in [0.05, 0.1) is 6.26 Å². The Bertz CT molecular complexity index is 583. The van der Waals surface area contributed by atoms with Gasteiger partial charge < -0.3 is 4.90 Å². The zero-order valence-corrected chi connectivity index (χ0v) is 14.3. The van der Waals surface area contributed by atoms with Crippen molar-refractivity contribution < 1.29 is 8.42 Å². The molecule has 0 bridgehead atoms. The van der Waals surface area contributed by atoms with Crippen molar-refractivity contribution in [2.24, 2.45) is 0 Å². The lowest BCUT2D eigenvalue weighted by molar-refractivity contribution is 0.386. The molecule has 112 valence electrons. The molecule has 2 rings (SSSR count). The van der Waals surface area contributed by atoms with Gasteiger partial charge in [-0.25, -0.2) is 18.4 Å². The summed E-state index contributed by atoms with van der Waals surface area (Å²) >= 11 is 3.41. The second kappa shape index (κ2) is 5.95. The predicted octanol–water partition coefficient (Wildman–Crippen LogP) is 1.44. The van der Waals surface area contributed by atoms with Crippen LogP contribution in [0, 0.1) is 0 Å². The second-order valence-electron chi connectivity index (χ2n) is 5.21.